The third kappa shape index (κ3) is 3.83. The zero-order valence-corrected chi connectivity index (χ0v) is 13.9. The van der Waals surface area contributed by atoms with E-state index < -0.39 is 0 Å². The van der Waals surface area contributed by atoms with E-state index in [0.717, 1.165) is 31.1 Å². The third-order valence-electron chi connectivity index (χ3n) is 4.36. The maximum Gasteiger partial charge on any atom is 0.236 e. The van der Waals surface area contributed by atoms with E-state index >= 15 is 0 Å². The fraction of sp³-hybridized carbons (Fsp3) is 0.588. The average molecular weight is 320 g/mol. The van der Waals surface area contributed by atoms with Crippen LogP contribution < -0.4 is 0 Å². The topological polar surface area (TPSA) is 32.8 Å². The van der Waals surface area contributed by atoms with E-state index in [1.165, 1.54) is 5.56 Å². The Labute approximate surface area is 136 Å². The molecule has 120 valence electrons. The molecule has 2 aliphatic heterocycles. The third-order valence-corrected chi connectivity index (χ3v) is 5.38. The summed E-state index contributed by atoms with van der Waals surface area (Å²) in [4.78, 5) is 16.9. The molecule has 1 amide bonds. The lowest BCUT2D eigenvalue weighted by Crippen LogP contribution is -2.50. The molecule has 0 aromatic heterocycles. The fourth-order valence-electron chi connectivity index (χ4n) is 3.13. The molecular weight excluding hydrogens is 296 g/mol. The molecular formula is C17H24N2O2S. The van der Waals surface area contributed by atoms with E-state index in [1.54, 1.807) is 0 Å². The molecule has 2 saturated heterocycles. The van der Waals surface area contributed by atoms with E-state index in [-0.39, 0.29) is 12.0 Å². The molecule has 2 fully saturated rings. The van der Waals surface area contributed by atoms with Gasteiger partial charge < -0.3 is 9.64 Å². The van der Waals surface area contributed by atoms with Crippen molar-refractivity contribution in [3.8, 4) is 0 Å². The van der Waals surface area contributed by atoms with E-state index in [1.807, 2.05) is 29.7 Å². The minimum Gasteiger partial charge on any atom is -0.375 e. The molecule has 5 heteroatoms. The van der Waals surface area contributed by atoms with Crippen molar-refractivity contribution in [3.05, 3.63) is 35.9 Å². The van der Waals surface area contributed by atoms with Crippen LogP contribution in [0.25, 0.3) is 0 Å². The van der Waals surface area contributed by atoms with Gasteiger partial charge in [-0.3, -0.25) is 9.69 Å². The molecule has 0 spiro atoms. The van der Waals surface area contributed by atoms with Crippen LogP contribution in [-0.4, -0.2) is 66.1 Å². The molecule has 1 aromatic carbocycles. The maximum absolute atomic E-state index is 12.6. The number of carbonyl (C=O) groups excluding carboxylic acids is 1. The quantitative estimate of drug-likeness (QED) is 0.853. The van der Waals surface area contributed by atoms with Crippen LogP contribution in [0.5, 0.6) is 0 Å². The van der Waals surface area contributed by atoms with E-state index in [9.17, 15) is 4.79 Å². The highest BCUT2D eigenvalue weighted by Crippen LogP contribution is 2.29. The van der Waals surface area contributed by atoms with Crippen LogP contribution in [0.3, 0.4) is 0 Å². The lowest BCUT2D eigenvalue weighted by atomic mass is 10.1. The zero-order valence-electron chi connectivity index (χ0n) is 13.1. The van der Waals surface area contributed by atoms with Gasteiger partial charge in [0.15, 0.2) is 0 Å². The first-order valence-electron chi connectivity index (χ1n) is 8.00. The lowest BCUT2D eigenvalue weighted by Gasteiger charge is -2.38. The number of thioether (sulfide) groups is 1. The Kier molecular flexibility index (Phi) is 5.39. The van der Waals surface area contributed by atoms with Crippen molar-refractivity contribution in [3.63, 3.8) is 0 Å². The largest absolute Gasteiger partial charge is 0.375 e. The fourth-order valence-corrected chi connectivity index (χ4v) is 4.28. The summed E-state index contributed by atoms with van der Waals surface area (Å²) in [5.74, 6) is 2.41. The highest BCUT2D eigenvalue weighted by Gasteiger charge is 2.29. The summed E-state index contributed by atoms with van der Waals surface area (Å²) in [5, 5.41) is 0. The molecule has 2 aliphatic rings. The summed E-state index contributed by atoms with van der Waals surface area (Å²) in [6, 6.07) is 10.9. The van der Waals surface area contributed by atoms with Gasteiger partial charge in [0.05, 0.1) is 19.3 Å². The Morgan fingerprint density at radius 1 is 1.32 bits per heavy atom. The molecule has 3 rings (SSSR count). The molecule has 2 unspecified atom stereocenters. The number of carbonyl (C=O) groups is 1. The predicted molar refractivity (Wildman–Crippen MR) is 90.1 cm³/mol. The normalized spacial score (nSPS) is 26.9. The average Bonchev–Trinajstić information content (AvgIpc) is 2.56. The molecule has 2 atom stereocenters. The van der Waals surface area contributed by atoms with Gasteiger partial charge >= 0.3 is 0 Å². The Morgan fingerprint density at radius 2 is 2.14 bits per heavy atom. The number of amides is 1. The van der Waals surface area contributed by atoms with Crippen molar-refractivity contribution in [2.24, 2.45) is 0 Å². The summed E-state index contributed by atoms with van der Waals surface area (Å²) in [7, 11) is 0. The van der Waals surface area contributed by atoms with Gasteiger partial charge in [-0.1, -0.05) is 30.3 Å². The molecule has 2 heterocycles. The van der Waals surface area contributed by atoms with Crippen molar-refractivity contribution in [2.45, 2.75) is 19.1 Å². The summed E-state index contributed by atoms with van der Waals surface area (Å²) < 4.78 is 5.53. The smallest absolute Gasteiger partial charge is 0.236 e. The van der Waals surface area contributed by atoms with Crippen LogP contribution >= 0.6 is 11.8 Å². The first-order chi connectivity index (χ1) is 10.7. The maximum atomic E-state index is 12.6. The first-order valence-corrected chi connectivity index (χ1v) is 9.15. The molecule has 0 aliphatic carbocycles. The van der Waals surface area contributed by atoms with Crippen LogP contribution in [0.1, 0.15) is 18.5 Å². The second kappa shape index (κ2) is 7.49. The van der Waals surface area contributed by atoms with Crippen LogP contribution in [0.2, 0.25) is 0 Å². The summed E-state index contributed by atoms with van der Waals surface area (Å²) >= 11 is 1.98. The van der Waals surface area contributed by atoms with E-state index in [0.29, 0.717) is 19.2 Å². The number of benzene rings is 1. The Bertz CT molecular complexity index is 497. The van der Waals surface area contributed by atoms with E-state index in [2.05, 4.69) is 29.2 Å². The van der Waals surface area contributed by atoms with Crippen LogP contribution in [-0.2, 0) is 9.53 Å². The number of hydrogen-bond acceptors (Lipinski definition) is 4. The summed E-state index contributed by atoms with van der Waals surface area (Å²) in [6.07, 6.45) is 0.152. The van der Waals surface area contributed by atoms with Crippen molar-refractivity contribution >= 4 is 17.7 Å². The number of hydrogen-bond donors (Lipinski definition) is 0. The Balaban J connectivity index is 1.65. The van der Waals surface area contributed by atoms with Gasteiger partial charge in [0.25, 0.3) is 0 Å². The highest BCUT2D eigenvalue weighted by molar-refractivity contribution is 7.99. The minimum absolute atomic E-state index is 0.152. The Morgan fingerprint density at radius 3 is 2.91 bits per heavy atom. The second-order valence-corrected chi connectivity index (χ2v) is 7.14. The summed E-state index contributed by atoms with van der Waals surface area (Å²) in [5.41, 5.74) is 1.32. The van der Waals surface area contributed by atoms with Gasteiger partial charge in [-0.05, 0) is 12.5 Å². The number of ether oxygens (including phenoxy) is 1. The van der Waals surface area contributed by atoms with Crippen LogP contribution in [0.15, 0.2) is 30.3 Å². The molecule has 0 N–H and O–H groups in total. The molecule has 0 bridgehead atoms. The molecule has 0 radical (unpaired) electrons. The number of rotatable bonds is 3. The van der Waals surface area contributed by atoms with Crippen LogP contribution in [0, 0.1) is 0 Å². The first kappa shape index (κ1) is 15.8. The second-order valence-electron chi connectivity index (χ2n) is 5.99. The predicted octanol–water partition coefficient (Wildman–Crippen LogP) is 2.02. The lowest BCUT2D eigenvalue weighted by molar-refractivity contribution is -0.139. The molecule has 4 nitrogen and oxygen atoms in total. The molecule has 0 saturated carbocycles. The number of morpholine rings is 1. The highest BCUT2D eigenvalue weighted by atomic mass is 32.2. The minimum atomic E-state index is 0.152. The van der Waals surface area contributed by atoms with Crippen molar-refractivity contribution in [1.82, 2.24) is 9.80 Å². The standard InChI is InChI=1S/C17H24N2O2S/c1-14-11-19(7-9-21-14)17(20)12-18-8-10-22-13-16(18)15-5-3-2-4-6-15/h2-6,14,16H,7-13H2,1H3. The molecule has 22 heavy (non-hydrogen) atoms. The Hall–Kier alpha value is -1.04. The van der Waals surface area contributed by atoms with Crippen LogP contribution in [0.4, 0.5) is 0 Å². The van der Waals surface area contributed by atoms with Gasteiger partial charge in [-0.2, -0.15) is 11.8 Å². The van der Waals surface area contributed by atoms with E-state index in [4.69, 9.17) is 4.74 Å². The van der Waals surface area contributed by atoms with Gasteiger partial charge in [0.1, 0.15) is 0 Å². The van der Waals surface area contributed by atoms with Gasteiger partial charge in [0.2, 0.25) is 5.91 Å². The number of nitrogens with zero attached hydrogens (tertiary/aromatic N) is 2. The van der Waals surface area contributed by atoms with Gasteiger partial charge in [-0.25, -0.2) is 0 Å². The zero-order chi connectivity index (χ0) is 15.4. The van der Waals surface area contributed by atoms with Gasteiger partial charge in [0, 0.05) is 37.2 Å². The van der Waals surface area contributed by atoms with Crippen molar-refractivity contribution in [2.75, 3.05) is 44.3 Å². The monoisotopic (exact) mass is 320 g/mol. The summed E-state index contributed by atoms with van der Waals surface area (Å²) in [6.45, 7) is 5.64. The van der Waals surface area contributed by atoms with Crippen molar-refractivity contribution < 1.29 is 9.53 Å². The SMILES string of the molecule is CC1CN(C(=O)CN2CCSCC2c2ccccc2)CCO1. The van der Waals surface area contributed by atoms with Crippen molar-refractivity contribution in [1.29, 1.82) is 0 Å². The molecule has 1 aromatic rings. The van der Waals surface area contributed by atoms with Gasteiger partial charge in [-0.15, -0.1) is 0 Å².